The van der Waals surface area contributed by atoms with Gasteiger partial charge in [0, 0.05) is 68.8 Å². The van der Waals surface area contributed by atoms with E-state index in [0.29, 0.717) is 49.9 Å². The molecule has 12 aliphatic heterocycles. The molecule has 8 bridgehead atoms. The van der Waals surface area contributed by atoms with Crippen LogP contribution < -0.4 is 21.3 Å². The molecule has 26 nitrogen and oxygen atoms in total. The molecule has 12 fully saturated rings. The summed E-state index contributed by atoms with van der Waals surface area (Å²) in [6.45, 7) is 8.66. The topological polar surface area (TPSA) is 379 Å². The van der Waals surface area contributed by atoms with E-state index in [2.05, 4.69) is 34.4 Å². The number of allylic oxidation sites excluding steroid dienone is 2. The Balaban J connectivity index is 0.926. The van der Waals surface area contributed by atoms with Crippen LogP contribution in [-0.4, -0.2) is 237 Å². The number of aliphatic hydroxyl groups excluding tert-OH is 10. The van der Waals surface area contributed by atoms with E-state index in [1.807, 2.05) is 0 Å². The number of amides is 3. The van der Waals surface area contributed by atoms with E-state index in [0.717, 1.165) is 0 Å². The Kier molecular flexibility index (Phi) is 22.8. The Morgan fingerprint density at radius 2 is 0.877 bits per heavy atom. The lowest BCUT2D eigenvalue weighted by molar-refractivity contribution is -0.355. The van der Waals surface area contributed by atoms with E-state index in [-0.39, 0.29) is 89.5 Å². The van der Waals surface area contributed by atoms with Crippen molar-refractivity contribution in [2.45, 2.75) is 188 Å². The van der Waals surface area contributed by atoms with Gasteiger partial charge in [0.05, 0.1) is 51.0 Å². The van der Waals surface area contributed by atoms with Gasteiger partial charge in [-0.25, -0.2) is 0 Å². The smallest absolute Gasteiger partial charge is 0.225 e. The van der Waals surface area contributed by atoms with Gasteiger partial charge in [0.25, 0.3) is 0 Å². The number of nitrogens with one attached hydrogen (secondary N) is 4. The largest absolute Gasteiger partial charge is 0.394 e. The minimum atomic E-state index is -1.59. The number of aliphatic hydroxyl groups is 10. The second kappa shape index (κ2) is 28.2. The molecule has 0 aromatic rings. The molecule has 20 atom stereocenters. The zero-order valence-corrected chi connectivity index (χ0v) is 41.3. The maximum Gasteiger partial charge on any atom is 0.225 e. The molecule has 73 heavy (non-hydrogen) atoms. The van der Waals surface area contributed by atoms with Crippen LogP contribution in [0.15, 0.2) is 24.6 Å². The van der Waals surface area contributed by atoms with Crippen LogP contribution in [0.25, 0.3) is 0 Å². The van der Waals surface area contributed by atoms with Crippen molar-refractivity contribution < 1.29 is 103 Å². The summed E-state index contributed by atoms with van der Waals surface area (Å²) in [6, 6.07) is 0. The average molecular weight is 1050 g/mol. The van der Waals surface area contributed by atoms with Gasteiger partial charge in [-0.1, -0.05) is 32.9 Å². The zero-order chi connectivity index (χ0) is 52.9. The van der Waals surface area contributed by atoms with Crippen molar-refractivity contribution >= 4 is 17.7 Å². The van der Waals surface area contributed by atoms with Gasteiger partial charge in [-0.2, -0.15) is 0 Å². The van der Waals surface area contributed by atoms with Crippen LogP contribution in [0.4, 0.5) is 0 Å². The first-order chi connectivity index (χ1) is 34.9. The summed E-state index contributed by atoms with van der Waals surface area (Å²) in [4.78, 5) is 40.6. The van der Waals surface area contributed by atoms with E-state index in [9.17, 15) is 65.4 Å². The summed E-state index contributed by atoms with van der Waals surface area (Å²) in [7, 11) is 0. The lowest BCUT2D eigenvalue weighted by atomic mass is 9.84. The summed E-state index contributed by atoms with van der Waals surface area (Å²) in [5.74, 6) is -2.21. The lowest BCUT2D eigenvalue weighted by Crippen LogP contribution is -2.64. The van der Waals surface area contributed by atoms with Gasteiger partial charge in [0.1, 0.15) is 61.0 Å². The van der Waals surface area contributed by atoms with Crippen LogP contribution >= 0.6 is 0 Å². The number of hydrogen-bond acceptors (Lipinski definition) is 23. The van der Waals surface area contributed by atoms with Crippen LogP contribution in [0.3, 0.4) is 0 Å². The average Bonchev–Trinajstić information content (AvgIpc) is 3.38. The molecule has 0 aromatic heterocycles. The van der Waals surface area contributed by atoms with Crippen LogP contribution in [-0.2, 0) is 52.3 Å². The third-order valence-corrected chi connectivity index (χ3v) is 14.4. The van der Waals surface area contributed by atoms with Crippen molar-refractivity contribution in [3.63, 3.8) is 0 Å². The van der Waals surface area contributed by atoms with Gasteiger partial charge in [-0.3, -0.25) is 14.4 Å². The van der Waals surface area contributed by atoms with Crippen molar-refractivity contribution in [3.05, 3.63) is 24.6 Å². The molecule has 418 valence electrons. The third kappa shape index (κ3) is 15.5. The number of hydrogen-bond donors (Lipinski definition) is 14. The molecule has 0 radical (unpaired) electrons. The lowest BCUT2D eigenvalue weighted by Gasteiger charge is -2.47. The Morgan fingerprint density at radius 1 is 0.493 bits per heavy atom. The van der Waals surface area contributed by atoms with E-state index >= 15 is 0 Å². The molecular formula is C47H79N5O21. The standard InChI is InChI=1S/C47H79N5O21/c1-4-33(57)52(21-50-23(2)11-13-31(55)48-17-27-25-9-5-7-15-66-44-40(64)36(60)42(29(19-53)70-44)72-46(68-27)38(62)34(25)58)22-51-24(3)12-14-32(56)49-18-28-26-10-6-8-16-67-45-41(65)37(61)43(30(20-54)71-45)73-47(69-28)39(63)35(26)59/h25-30,34-47,50-51,53-54,58-65H,2-22H2,1H3,(H,48,55)(H,49,56)/t25?,26?,27?,28?,29?,30?,34?,35?,36?,37?,38?,39?,40?,41?,42?,43?,44-,45-,46+,47+/m1/s1. The van der Waals surface area contributed by atoms with E-state index in [4.69, 9.17) is 37.9 Å². The summed E-state index contributed by atoms with van der Waals surface area (Å²) in [5.41, 5.74) is 0.912. The highest BCUT2D eigenvalue weighted by Gasteiger charge is 2.53. The Bertz CT molecular complexity index is 1670. The van der Waals surface area contributed by atoms with E-state index in [1.54, 1.807) is 6.92 Å². The molecule has 0 saturated carbocycles. The van der Waals surface area contributed by atoms with E-state index in [1.165, 1.54) is 4.90 Å². The number of carbonyl (C=O) groups excluding carboxylic acids is 3. The van der Waals surface area contributed by atoms with Gasteiger partial charge in [-0.05, 0) is 38.5 Å². The molecule has 12 aliphatic rings. The van der Waals surface area contributed by atoms with Gasteiger partial charge in [0.2, 0.25) is 17.7 Å². The second-order valence-electron chi connectivity index (χ2n) is 19.5. The Labute approximate surface area is 423 Å². The Hall–Kier alpha value is -3.23. The quantitative estimate of drug-likeness (QED) is 0.0541. The number of nitrogens with zero attached hydrogens (tertiary/aromatic N) is 1. The predicted octanol–water partition coefficient (Wildman–Crippen LogP) is -4.69. The summed E-state index contributed by atoms with van der Waals surface area (Å²) < 4.78 is 46.4. The molecule has 12 rings (SSSR count). The third-order valence-electron chi connectivity index (χ3n) is 14.4. The van der Waals surface area contributed by atoms with E-state index < -0.39 is 136 Å². The minimum Gasteiger partial charge on any atom is -0.394 e. The predicted molar refractivity (Wildman–Crippen MR) is 249 cm³/mol. The maximum atomic E-state index is 13.1. The molecule has 0 spiro atoms. The first kappa shape index (κ1) is 59.0. The van der Waals surface area contributed by atoms with Crippen LogP contribution in [0.2, 0.25) is 0 Å². The molecule has 12 saturated heterocycles. The first-order valence-corrected chi connectivity index (χ1v) is 25.4. The Morgan fingerprint density at radius 3 is 1.26 bits per heavy atom. The van der Waals surface area contributed by atoms with Gasteiger partial charge in [-0.15, -0.1) is 0 Å². The van der Waals surface area contributed by atoms with Gasteiger partial charge in [0.15, 0.2) is 25.2 Å². The van der Waals surface area contributed by atoms with Crippen LogP contribution in [0.1, 0.15) is 77.6 Å². The van der Waals surface area contributed by atoms with Crippen LogP contribution in [0, 0.1) is 11.8 Å². The van der Waals surface area contributed by atoms with Gasteiger partial charge < -0.3 is 115 Å². The molecule has 26 heteroatoms. The summed E-state index contributed by atoms with van der Waals surface area (Å²) >= 11 is 0. The first-order valence-electron chi connectivity index (χ1n) is 25.4. The normalized spacial score (nSPS) is 39.2. The maximum absolute atomic E-state index is 13.1. The fourth-order valence-corrected chi connectivity index (χ4v) is 9.88. The van der Waals surface area contributed by atoms with Gasteiger partial charge >= 0.3 is 0 Å². The van der Waals surface area contributed by atoms with Crippen molar-refractivity contribution in [3.8, 4) is 0 Å². The highest BCUT2D eigenvalue weighted by Crippen LogP contribution is 2.36. The molecule has 0 aromatic carbocycles. The number of carbonyl (C=O) groups is 3. The minimum absolute atomic E-state index is 0.0103. The fourth-order valence-electron chi connectivity index (χ4n) is 9.88. The van der Waals surface area contributed by atoms with Crippen LogP contribution in [0.5, 0.6) is 0 Å². The summed E-state index contributed by atoms with van der Waals surface area (Å²) in [5, 5.41) is 119. The molecule has 14 N–H and O–H groups in total. The molecule has 3 amide bonds. The highest BCUT2D eigenvalue weighted by molar-refractivity contribution is 5.77. The zero-order valence-electron chi connectivity index (χ0n) is 41.3. The molecule has 16 unspecified atom stereocenters. The SMILES string of the molecule is C=C(CCC(=O)NCC1O[C@H]2OC3C(CO)O[C@@H](OCCCCC1C(O)C2O)C(O)C3O)NCN(CNC(=C)CCC(=O)NCC1O[C@H]2OC3C(CO)O[C@@H](OCCCCC1C(O)C2O)C(O)C3O)C(=O)CC. The summed E-state index contributed by atoms with van der Waals surface area (Å²) in [6.07, 6.45) is -20.9. The molecule has 12 heterocycles. The van der Waals surface area contributed by atoms with Crippen molar-refractivity contribution in [1.29, 1.82) is 0 Å². The fraction of sp³-hybridized carbons (Fsp3) is 0.851. The van der Waals surface area contributed by atoms with Crippen molar-refractivity contribution in [1.82, 2.24) is 26.2 Å². The highest BCUT2D eigenvalue weighted by atomic mass is 16.8. The number of rotatable bonds is 19. The number of ether oxygens (including phenoxy) is 8. The molecule has 0 aliphatic carbocycles. The molecular weight excluding hydrogens is 971 g/mol. The van der Waals surface area contributed by atoms with Crippen molar-refractivity contribution in [2.24, 2.45) is 11.8 Å². The second-order valence-corrected chi connectivity index (χ2v) is 19.5. The monoisotopic (exact) mass is 1050 g/mol. The van der Waals surface area contributed by atoms with Crippen molar-refractivity contribution in [2.75, 3.05) is 52.9 Å².